The van der Waals surface area contributed by atoms with Crippen LogP contribution in [-0.4, -0.2) is 53.1 Å². The summed E-state index contributed by atoms with van der Waals surface area (Å²) in [5.74, 6) is 0.352. The first kappa shape index (κ1) is 19.0. The number of carbonyl (C=O) groups is 1. The molecule has 3 aromatic rings. The second-order valence-corrected chi connectivity index (χ2v) is 7.25. The first-order chi connectivity index (χ1) is 13.5. The summed E-state index contributed by atoms with van der Waals surface area (Å²) in [5, 5.41) is 1.89. The molecule has 1 aliphatic heterocycles. The molecule has 146 valence electrons. The largest absolute Gasteiger partial charge is 0.494 e. The average Bonchev–Trinajstić information content (AvgIpc) is 3.10. The van der Waals surface area contributed by atoms with Gasteiger partial charge in [0.25, 0.3) is 5.91 Å². The predicted molar refractivity (Wildman–Crippen MR) is 106 cm³/mol. The third-order valence-corrected chi connectivity index (χ3v) is 5.74. The van der Waals surface area contributed by atoms with Gasteiger partial charge in [-0.05, 0) is 6.07 Å². The first-order valence-electron chi connectivity index (χ1n) is 8.69. The van der Waals surface area contributed by atoms with E-state index in [1.807, 2.05) is 6.07 Å². The minimum atomic E-state index is -0.294. The number of ether oxygens (including phenoxy) is 2. The molecule has 28 heavy (non-hydrogen) atoms. The second-order valence-electron chi connectivity index (χ2n) is 6.47. The molecule has 9 heteroatoms. The van der Waals surface area contributed by atoms with Crippen molar-refractivity contribution in [3.05, 3.63) is 51.7 Å². The lowest BCUT2D eigenvalue weighted by Gasteiger charge is -2.35. The molecule has 1 aromatic carbocycles. The maximum atomic E-state index is 13.1. The minimum Gasteiger partial charge on any atom is -0.494 e. The van der Waals surface area contributed by atoms with Crippen LogP contribution in [0.25, 0.3) is 10.9 Å². The van der Waals surface area contributed by atoms with Crippen molar-refractivity contribution in [1.29, 1.82) is 0 Å². The number of methoxy groups -OCH3 is 2. The lowest BCUT2D eigenvalue weighted by atomic mass is 9.96. The number of hydrogen-bond acceptors (Lipinski definition) is 5. The van der Waals surface area contributed by atoms with E-state index in [9.17, 15) is 4.79 Å². The Kier molecular flexibility index (Phi) is 5.14. The summed E-state index contributed by atoms with van der Waals surface area (Å²) in [4.78, 5) is 26.5. The van der Waals surface area contributed by atoms with Gasteiger partial charge in [-0.3, -0.25) is 4.79 Å². The Bertz CT molecular complexity index is 1040. The molecule has 2 aromatic heterocycles. The van der Waals surface area contributed by atoms with Gasteiger partial charge in [0.2, 0.25) is 5.82 Å². The molecule has 0 spiro atoms. The Balaban J connectivity index is 1.77. The molecule has 0 saturated heterocycles. The molecule has 1 aliphatic rings. The van der Waals surface area contributed by atoms with Crippen molar-refractivity contribution in [2.45, 2.75) is 12.5 Å². The van der Waals surface area contributed by atoms with Crippen LogP contribution in [0.5, 0.6) is 5.75 Å². The number of halogens is 2. The van der Waals surface area contributed by atoms with Gasteiger partial charge in [-0.1, -0.05) is 29.3 Å². The highest BCUT2D eigenvalue weighted by molar-refractivity contribution is 6.45. The molecule has 0 saturated carbocycles. The zero-order valence-corrected chi connectivity index (χ0v) is 16.8. The van der Waals surface area contributed by atoms with Crippen molar-refractivity contribution in [1.82, 2.24) is 19.9 Å². The van der Waals surface area contributed by atoms with Gasteiger partial charge >= 0.3 is 0 Å². The van der Waals surface area contributed by atoms with Crippen LogP contribution in [0.3, 0.4) is 0 Å². The summed E-state index contributed by atoms with van der Waals surface area (Å²) in [6, 6.07) is 3.38. The first-order valence-corrected chi connectivity index (χ1v) is 9.45. The number of nitrogens with one attached hydrogen (secondary N) is 1. The summed E-state index contributed by atoms with van der Waals surface area (Å²) in [6.07, 6.45) is 3.61. The van der Waals surface area contributed by atoms with Crippen molar-refractivity contribution in [2.24, 2.45) is 0 Å². The standard InChI is InChI=1S/C19H18Cl2N4O3/c1-27-9-14-15-11-3-4-12(20)16(21)17(11)24-13(15)5-6-25(14)19(26)18-22-7-10(28-2)8-23-18/h3-4,7-8,14,24H,5-6,9H2,1-2H3. The highest BCUT2D eigenvalue weighted by Crippen LogP contribution is 2.40. The zero-order chi connectivity index (χ0) is 19.8. The number of rotatable bonds is 4. The van der Waals surface area contributed by atoms with Gasteiger partial charge in [-0.2, -0.15) is 0 Å². The van der Waals surface area contributed by atoms with E-state index in [0.717, 1.165) is 22.2 Å². The van der Waals surface area contributed by atoms with Crippen LogP contribution in [0.2, 0.25) is 10.0 Å². The van der Waals surface area contributed by atoms with E-state index in [0.29, 0.717) is 35.4 Å². The monoisotopic (exact) mass is 420 g/mol. The fourth-order valence-corrected chi connectivity index (χ4v) is 4.00. The Morgan fingerprint density at radius 2 is 2.04 bits per heavy atom. The third kappa shape index (κ3) is 3.09. The molecule has 0 radical (unpaired) electrons. The molecule has 0 bridgehead atoms. The number of amides is 1. The van der Waals surface area contributed by atoms with Crippen molar-refractivity contribution >= 4 is 40.0 Å². The third-order valence-electron chi connectivity index (χ3n) is 4.94. The molecule has 7 nitrogen and oxygen atoms in total. The minimum absolute atomic E-state index is 0.117. The van der Waals surface area contributed by atoms with Crippen LogP contribution in [0.4, 0.5) is 0 Å². The van der Waals surface area contributed by atoms with Crippen LogP contribution in [0, 0.1) is 0 Å². The molecular weight excluding hydrogens is 403 g/mol. The summed E-state index contributed by atoms with van der Waals surface area (Å²) in [7, 11) is 3.13. The lowest BCUT2D eigenvalue weighted by molar-refractivity contribution is 0.0493. The van der Waals surface area contributed by atoms with E-state index >= 15 is 0 Å². The number of fused-ring (bicyclic) bond motifs is 3. The number of aromatic nitrogens is 3. The van der Waals surface area contributed by atoms with Crippen LogP contribution in [0.15, 0.2) is 24.5 Å². The predicted octanol–water partition coefficient (Wildman–Crippen LogP) is 3.66. The highest BCUT2D eigenvalue weighted by atomic mass is 35.5. The van der Waals surface area contributed by atoms with Gasteiger partial charge in [-0.25, -0.2) is 9.97 Å². The van der Waals surface area contributed by atoms with Gasteiger partial charge in [0.1, 0.15) is 0 Å². The van der Waals surface area contributed by atoms with Crippen LogP contribution >= 0.6 is 23.2 Å². The Morgan fingerprint density at radius 1 is 1.29 bits per heavy atom. The van der Waals surface area contributed by atoms with Gasteiger partial charge in [0, 0.05) is 36.7 Å². The molecule has 4 rings (SSSR count). The van der Waals surface area contributed by atoms with Crippen molar-refractivity contribution in [3.8, 4) is 5.75 Å². The second kappa shape index (κ2) is 7.58. The van der Waals surface area contributed by atoms with E-state index in [4.69, 9.17) is 32.7 Å². The summed E-state index contributed by atoms with van der Waals surface area (Å²) in [5.41, 5.74) is 2.79. The molecular formula is C19H18Cl2N4O3. The maximum Gasteiger partial charge on any atom is 0.292 e. The Labute approximate surface area is 171 Å². The number of H-pyrrole nitrogens is 1. The van der Waals surface area contributed by atoms with E-state index < -0.39 is 0 Å². The number of carbonyl (C=O) groups excluding carboxylic acids is 1. The number of nitrogens with zero attached hydrogens (tertiary/aromatic N) is 3. The summed E-state index contributed by atoms with van der Waals surface area (Å²) < 4.78 is 10.5. The molecule has 1 N–H and O–H groups in total. The van der Waals surface area contributed by atoms with Gasteiger partial charge in [0.15, 0.2) is 5.75 Å². The van der Waals surface area contributed by atoms with Gasteiger partial charge < -0.3 is 19.4 Å². The van der Waals surface area contributed by atoms with E-state index in [-0.39, 0.29) is 17.8 Å². The summed E-state index contributed by atoms with van der Waals surface area (Å²) >= 11 is 12.6. The zero-order valence-electron chi connectivity index (χ0n) is 15.3. The SMILES string of the molecule is COCC1c2c([nH]c3c(Cl)c(Cl)ccc23)CCN1C(=O)c1ncc(OC)cn1. The lowest BCUT2D eigenvalue weighted by Crippen LogP contribution is -2.42. The molecule has 1 unspecified atom stereocenters. The molecule has 1 atom stereocenters. The average molecular weight is 421 g/mol. The quantitative estimate of drug-likeness (QED) is 0.696. The van der Waals surface area contributed by atoms with Crippen molar-refractivity contribution in [2.75, 3.05) is 27.4 Å². The van der Waals surface area contributed by atoms with E-state index in [2.05, 4.69) is 15.0 Å². The number of hydrogen-bond donors (Lipinski definition) is 1. The molecule has 0 fully saturated rings. The smallest absolute Gasteiger partial charge is 0.292 e. The van der Waals surface area contributed by atoms with E-state index in [1.165, 1.54) is 19.5 Å². The van der Waals surface area contributed by atoms with Crippen LogP contribution in [0.1, 0.15) is 27.9 Å². The molecule has 0 aliphatic carbocycles. The van der Waals surface area contributed by atoms with Crippen molar-refractivity contribution < 1.29 is 14.3 Å². The van der Waals surface area contributed by atoms with Crippen LogP contribution in [-0.2, 0) is 11.2 Å². The molecule has 1 amide bonds. The maximum absolute atomic E-state index is 13.1. The molecule has 3 heterocycles. The Morgan fingerprint density at radius 3 is 2.71 bits per heavy atom. The summed E-state index contributed by atoms with van der Waals surface area (Å²) in [6.45, 7) is 0.843. The number of benzene rings is 1. The van der Waals surface area contributed by atoms with Gasteiger partial charge in [-0.15, -0.1) is 0 Å². The number of aromatic amines is 1. The highest BCUT2D eigenvalue weighted by Gasteiger charge is 2.35. The fourth-order valence-electron chi connectivity index (χ4n) is 3.63. The Hall–Kier alpha value is -2.35. The van der Waals surface area contributed by atoms with Crippen LogP contribution < -0.4 is 4.74 Å². The van der Waals surface area contributed by atoms with Crippen molar-refractivity contribution in [3.63, 3.8) is 0 Å². The normalized spacial score (nSPS) is 16.3. The van der Waals surface area contributed by atoms with E-state index in [1.54, 1.807) is 18.1 Å². The topological polar surface area (TPSA) is 80.3 Å². The van der Waals surface area contributed by atoms with Gasteiger partial charge in [0.05, 0.1) is 47.7 Å². The fraction of sp³-hybridized carbons (Fsp3) is 0.316.